The number of ether oxygens (including phenoxy) is 3. The summed E-state index contributed by atoms with van der Waals surface area (Å²) in [4.78, 5) is 6.29. The van der Waals surface area contributed by atoms with Crippen LogP contribution in [0.4, 0.5) is 5.69 Å². The van der Waals surface area contributed by atoms with Gasteiger partial charge in [-0.15, -0.1) is 5.10 Å². The lowest BCUT2D eigenvalue weighted by Gasteiger charge is -2.39. The molecule has 1 saturated heterocycles. The van der Waals surface area contributed by atoms with Crippen molar-refractivity contribution in [3.63, 3.8) is 0 Å². The highest BCUT2D eigenvalue weighted by Crippen LogP contribution is 2.31. The molecule has 0 aliphatic carbocycles. The molecule has 2 aromatic heterocycles. The van der Waals surface area contributed by atoms with Crippen LogP contribution in [0.1, 0.15) is 43.0 Å². The van der Waals surface area contributed by atoms with Crippen LogP contribution in [0.15, 0.2) is 48.8 Å². The maximum atomic E-state index is 10.4. The predicted molar refractivity (Wildman–Crippen MR) is 144 cm³/mol. The van der Waals surface area contributed by atoms with Crippen LogP contribution >= 0.6 is 0 Å². The molecular weight excluding hydrogens is 504 g/mol. The van der Waals surface area contributed by atoms with E-state index in [4.69, 9.17) is 14.2 Å². The van der Waals surface area contributed by atoms with Crippen LogP contribution in [0.3, 0.4) is 0 Å². The van der Waals surface area contributed by atoms with Crippen molar-refractivity contribution in [2.24, 2.45) is 0 Å². The van der Waals surface area contributed by atoms with Gasteiger partial charge in [0, 0.05) is 37.5 Å². The van der Waals surface area contributed by atoms with E-state index in [1.807, 2.05) is 63.5 Å². The third-order valence-electron chi connectivity index (χ3n) is 6.81. The summed E-state index contributed by atoms with van der Waals surface area (Å²) in [6.45, 7) is 4.94. The Bertz CT molecular complexity index is 1160. The molecule has 1 fully saturated rings. The number of aromatic amines is 1. The number of aromatic nitrogens is 3. The highest BCUT2D eigenvalue weighted by Gasteiger charge is 2.45. The van der Waals surface area contributed by atoms with E-state index in [2.05, 4.69) is 20.1 Å². The Hall–Kier alpha value is -3.22. The first kappa shape index (κ1) is 28.8. The van der Waals surface area contributed by atoms with Crippen molar-refractivity contribution in [3.8, 4) is 11.6 Å². The van der Waals surface area contributed by atoms with E-state index in [0.717, 1.165) is 41.2 Å². The number of aliphatic hydroxyl groups is 4. The third-order valence-corrected chi connectivity index (χ3v) is 6.81. The lowest BCUT2D eigenvalue weighted by molar-refractivity contribution is -0.278. The number of pyridine rings is 1. The Balaban J connectivity index is 1.36. The highest BCUT2D eigenvalue weighted by atomic mass is 16.7. The Kier molecular flexibility index (Phi) is 9.76. The summed E-state index contributed by atoms with van der Waals surface area (Å²) in [5.74, 6) is 1.12. The first-order chi connectivity index (χ1) is 18.8. The first-order valence-electron chi connectivity index (χ1n) is 13.2. The fraction of sp³-hybridized carbons (Fsp3) is 0.500. The second-order valence-corrected chi connectivity index (χ2v) is 10.0. The lowest BCUT2D eigenvalue weighted by atomic mass is 9.98. The van der Waals surface area contributed by atoms with Gasteiger partial charge in [-0.1, -0.05) is 26.0 Å². The van der Waals surface area contributed by atoms with Gasteiger partial charge in [0.1, 0.15) is 30.2 Å². The minimum absolute atomic E-state index is 0.118. The maximum absolute atomic E-state index is 10.4. The van der Waals surface area contributed by atoms with Crippen molar-refractivity contribution in [3.05, 3.63) is 65.6 Å². The normalized spacial score (nSPS) is 23.1. The van der Waals surface area contributed by atoms with Crippen LogP contribution in [0.25, 0.3) is 0 Å². The third kappa shape index (κ3) is 7.06. The van der Waals surface area contributed by atoms with Crippen LogP contribution in [0, 0.1) is 0 Å². The summed E-state index contributed by atoms with van der Waals surface area (Å²) >= 11 is 0. The number of rotatable bonds is 12. The molecule has 0 radical (unpaired) electrons. The molecule has 5 N–H and O–H groups in total. The average molecular weight is 543 g/mol. The number of benzene rings is 1. The number of nitrogens with zero attached hydrogens (tertiary/aromatic N) is 3. The zero-order chi connectivity index (χ0) is 27.9. The van der Waals surface area contributed by atoms with E-state index in [9.17, 15) is 20.4 Å². The van der Waals surface area contributed by atoms with Crippen molar-refractivity contribution in [1.82, 2.24) is 15.2 Å². The van der Waals surface area contributed by atoms with Gasteiger partial charge >= 0.3 is 0 Å². The van der Waals surface area contributed by atoms with Gasteiger partial charge in [-0.3, -0.25) is 10.1 Å². The molecule has 212 valence electrons. The number of hydrogen-bond donors (Lipinski definition) is 5. The van der Waals surface area contributed by atoms with Gasteiger partial charge in [0.25, 0.3) is 0 Å². The smallest absolute Gasteiger partial charge is 0.238 e. The molecular formula is C28H38N4O7. The van der Waals surface area contributed by atoms with Crippen molar-refractivity contribution in [2.75, 3.05) is 31.7 Å². The minimum Gasteiger partial charge on any atom is -0.494 e. The maximum Gasteiger partial charge on any atom is 0.238 e. The molecule has 3 heterocycles. The summed E-state index contributed by atoms with van der Waals surface area (Å²) in [5.41, 5.74) is 3.72. The van der Waals surface area contributed by atoms with Gasteiger partial charge in [-0.25, -0.2) is 0 Å². The van der Waals surface area contributed by atoms with E-state index >= 15 is 0 Å². The Morgan fingerprint density at radius 1 is 1.08 bits per heavy atom. The average Bonchev–Trinajstić information content (AvgIpc) is 3.34. The number of nitrogens with one attached hydrogen (secondary N) is 1. The molecule has 0 amide bonds. The molecule has 0 saturated carbocycles. The minimum atomic E-state index is -1.53. The molecule has 1 aromatic carbocycles. The van der Waals surface area contributed by atoms with Crippen molar-refractivity contribution in [1.29, 1.82) is 0 Å². The van der Waals surface area contributed by atoms with Gasteiger partial charge in [0.15, 0.2) is 0 Å². The van der Waals surface area contributed by atoms with E-state index in [1.54, 1.807) is 6.20 Å². The Morgan fingerprint density at radius 3 is 2.51 bits per heavy atom. The van der Waals surface area contributed by atoms with E-state index in [0.29, 0.717) is 13.0 Å². The highest BCUT2D eigenvalue weighted by molar-refractivity contribution is 5.42. The summed E-state index contributed by atoms with van der Waals surface area (Å²) in [6.07, 6.45) is -1.94. The second-order valence-electron chi connectivity index (χ2n) is 10.0. The van der Waals surface area contributed by atoms with E-state index in [-0.39, 0.29) is 11.8 Å². The number of hydrogen-bond acceptors (Lipinski definition) is 10. The lowest BCUT2D eigenvalue weighted by Crippen LogP contribution is -2.60. The van der Waals surface area contributed by atoms with Crippen molar-refractivity contribution in [2.45, 2.75) is 63.3 Å². The standard InChI is InChI=1S/C28H38N4O7/c1-17(2)23-21(27(31-30-23)39-28-26(36)25(35)24(34)22(16-33)38-28)14-18-7-9-20(10-8-18)37-13-5-12-32(3)19-6-4-11-29-15-19/h4,6-11,15,17,22,24-26,28,33-36H,5,12-14,16H2,1-3H3,(H,30,31)/t22-,24-,25+,26-,28+/m1/s1. The summed E-state index contributed by atoms with van der Waals surface area (Å²) < 4.78 is 17.3. The van der Waals surface area contributed by atoms with Crippen molar-refractivity contribution < 1.29 is 34.6 Å². The predicted octanol–water partition coefficient (Wildman–Crippen LogP) is 1.60. The van der Waals surface area contributed by atoms with Gasteiger partial charge < -0.3 is 39.5 Å². The Labute approximate surface area is 228 Å². The van der Waals surface area contributed by atoms with Crippen LogP contribution in [-0.2, 0) is 11.2 Å². The number of aliphatic hydroxyl groups excluding tert-OH is 4. The van der Waals surface area contributed by atoms with Crippen LogP contribution in [0.2, 0.25) is 0 Å². The zero-order valence-electron chi connectivity index (χ0n) is 22.5. The van der Waals surface area contributed by atoms with Crippen molar-refractivity contribution >= 4 is 5.69 Å². The molecule has 0 spiro atoms. The quantitative estimate of drug-likeness (QED) is 0.213. The monoisotopic (exact) mass is 542 g/mol. The molecule has 39 heavy (non-hydrogen) atoms. The fourth-order valence-corrected chi connectivity index (χ4v) is 4.49. The van der Waals surface area contributed by atoms with E-state index in [1.165, 1.54) is 0 Å². The van der Waals surface area contributed by atoms with Crippen LogP contribution in [-0.4, -0.2) is 93.1 Å². The molecule has 4 rings (SSSR count). The number of H-pyrrole nitrogens is 1. The molecule has 11 nitrogen and oxygen atoms in total. The molecule has 5 atom stereocenters. The molecule has 0 unspecified atom stereocenters. The van der Waals surface area contributed by atoms with Gasteiger partial charge in [0.2, 0.25) is 12.2 Å². The zero-order valence-corrected chi connectivity index (χ0v) is 22.5. The molecule has 1 aliphatic heterocycles. The molecule has 0 bridgehead atoms. The van der Waals surface area contributed by atoms with Crippen LogP contribution < -0.4 is 14.4 Å². The molecule has 3 aromatic rings. The fourth-order valence-electron chi connectivity index (χ4n) is 4.49. The van der Waals surface area contributed by atoms with E-state index < -0.39 is 37.3 Å². The Morgan fingerprint density at radius 2 is 1.85 bits per heavy atom. The van der Waals surface area contributed by atoms with Gasteiger partial charge in [-0.2, -0.15) is 0 Å². The first-order valence-corrected chi connectivity index (χ1v) is 13.2. The SMILES string of the molecule is CC(C)c1[nH]nc(O[C@@H]2O[C@H](CO)[C@@H](O)[C@H](O)[C@H]2O)c1Cc1ccc(OCCCN(C)c2cccnc2)cc1. The van der Waals surface area contributed by atoms with Gasteiger partial charge in [0.05, 0.1) is 25.1 Å². The molecule has 11 heteroatoms. The topological polar surface area (TPSA) is 153 Å². The summed E-state index contributed by atoms with van der Waals surface area (Å²) in [5, 5.41) is 47.3. The summed E-state index contributed by atoms with van der Waals surface area (Å²) in [7, 11) is 2.03. The van der Waals surface area contributed by atoms with Crippen LogP contribution in [0.5, 0.6) is 11.6 Å². The largest absolute Gasteiger partial charge is 0.494 e. The number of anilines is 1. The molecule has 1 aliphatic rings. The summed E-state index contributed by atoms with van der Waals surface area (Å²) in [6, 6.07) is 11.7. The van der Waals surface area contributed by atoms with Gasteiger partial charge in [-0.05, 0) is 42.2 Å². The second kappa shape index (κ2) is 13.2.